The Hall–Kier alpha value is -2.15. The van der Waals surface area contributed by atoms with E-state index in [0.717, 1.165) is 0 Å². The first-order chi connectivity index (χ1) is 6.79. The monoisotopic (exact) mass is 188 g/mol. The standard InChI is InChI=1S/C10H5FN2O/c11-8-3-1-7(2-4-8)9-6-13-10(5-12)14-9/h1-4,6H. The molecular formula is C10H5FN2O. The molecule has 0 saturated carbocycles. The largest absolute Gasteiger partial charge is 0.428 e. The molecule has 0 amide bonds. The van der Waals surface area contributed by atoms with Gasteiger partial charge in [-0.1, -0.05) is 0 Å². The van der Waals surface area contributed by atoms with Crippen LogP contribution < -0.4 is 0 Å². The van der Waals surface area contributed by atoms with Crippen molar-refractivity contribution >= 4 is 0 Å². The molecule has 0 unspecified atom stereocenters. The van der Waals surface area contributed by atoms with Gasteiger partial charge >= 0.3 is 5.89 Å². The number of nitrogens with zero attached hydrogens (tertiary/aromatic N) is 2. The topological polar surface area (TPSA) is 49.8 Å². The molecule has 4 heteroatoms. The molecule has 0 radical (unpaired) electrons. The Labute approximate surface area is 79.4 Å². The number of benzene rings is 1. The van der Waals surface area contributed by atoms with E-state index < -0.39 is 0 Å². The van der Waals surface area contributed by atoms with Crippen molar-refractivity contribution in [3.63, 3.8) is 0 Å². The molecule has 68 valence electrons. The Morgan fingerprint density at radius 3 is 2.57 bits per heavy atom. The summed E-state index contributed by atoms with van der Waals surface area (Å²) in [4.78, 5) is 3.71. The summed E-state index contributed by atoms with van der Waals surface area (Å²) in [5.74, 6) is 0.152. The predicted molar refractivity (Wildman–Crippen MR) is 46.6 cm³/mol. The van der Waals surface area contributed by atoms with Gasteiger partial charge < -0.3 is 4.42 Å². The van der Waals surface area contributed by atoms with Crippen LogP contribution in [0.5, 0.6) is 0 Å². The quantitative estimate of drug-likeness (QED) is 0.690. The van der Waals surface area contributed by atoms with Gasteiger partial charge in [0.2, 0.25) is 0 Å². The fraction of sp³-hybridized carbons (Fsp3) is 0. The minimum atomic E-state index is -0.311. The average molecular weight is 188 g/mol. The fourth-order valence-electron chi connectivity index (χ4n) is 1.07. The van der Waals surface area contributed by atoms with Gasteiger partial charge in [0, 0.05) is 5.56 Å². The number of hydrogen-bond acceptors (Lipinski definition) is 3. The molecular weight excluding hydrogens is 183 g/mol. The highest BCUT2D eigenvalue weighted by Gasteiger charge is 2.04. The van der Waals surface area contributed by atoms with Crippen LogP contribution >= 0.6 is 0 Å². The smallest absolute Gasteiger partial charge is 0.301 e. The molecule has 1 aromatic carbocycles. The zero-order valence-electron chi connectivity index (χ0n) is 7.07. The highest BCUT2D eigenvalue weighted by molar-refractivity contribution is 5.56. The van der Waals surface area contributed by atoms with E-state index in [1.165, 1.54) is 18.3 Å². The number of rotatable bonds is 1. The lowest BCUT2D eigenvalue weighted by Gasteiger charge is -1.93. The lowest BCUT2D eigenvalue weighted by Crippen LogP contribution is -1.75. The van der Waals surface area contributed by atoms with E-state index in [-0.39, 0.29) is 11.7 Å². The summed E-state index contributed by atoms with van der Waals surface area (Å²) in [5.41, 5.74) is 0.695. The van der Waals surface area contributed by atoms with Crippen LogP contribution in [0.3, 0.4) is 0 Å². The van der Waals surface area contributed by atoms with Gasteiger partial charge in [0.1, 0.15) is 5.82 Å². The van der Waals surface area contributed by atoms with Crippen molar-refractivity contribution in [2.24, 2.45) is 0 Å². The summed E-state index contributed by atoms with van der Waals surface area (Å²) in [6.45, 7) is 0. The van der Waals surface area contributed by atoms with Crippen molar-refractivity contribution < 1.29 is 8.81 Å². The van der Waals surface area contributed by atoms with Gasteiger partial charge in [0.25, 0.3) is 0 Å². The maximum Gasteiger partial charge on any atom is 0.301 e. The summed E-state index contributed by atoms with van der Waals surface area (Å²) in [6.07, 6.45) is 1.44. The van der Waals surface area contributed by atoms with Crippen molar-refractivity contribution in [3.05, 3.63) is 42.2 Å². The Morgan fingerprint density at radius 2 is 2.00 bits per heavy atom. The summed E-state index contributed by atoms with van der Waals surface area (Å²) >= 11 is 0. The maximum absolute atomic E-state index is 12.6. The van der Waals surface area contributed by atoms with Gasteiger partial charge in [0.15, 0.2) is 11.8 Å². The molecule has 0 N–H and O–H groups in total. The van der Waals surface area contributed by atoms with Crippen LogP contribution in [0.1, 0.15) is 5.89 Å². The van der Waals surface area contributed by atoms with E-state index in [0.29, 0.717) is 11.3 Å². The molecule has 0 bridgehead atoms. The highest BCUT2D eigenvalue weighted by Crippen LogP contribution is 2.19. The van der Waals surface area contributed by atoms with E-state index in [9.17, 15) is 4.39 Å². The van der Waals surface area contributed by atoms with Gasteiger partial charge in [-0.05, 0) is 24.3 Å². The molecule has 2 rings (SSSR count). The normalized spacial score (nSPS) is 9.71. The van der Waals surface area contributed by atoms with Crippen molar-refractivity contribution in [3.8, 4) is 17.4 Å². The van der Waals surface area contributed by atoms with Crippen LogP contribution in [0.25, 0.3) is 11.3 Å². The summed E-state index contributed by atoms with van der Waals surface area (Å²) in [5, 5.41) is 8.48. The van der Waals surface area contributed by atoms with Crippen LogP contribution in [0.2, 0.25) is 0 Å². The first kappa shape index (κ1) is 8.45. The molecule has 14 heavy (non-hydrogen) atoms. The first-order valence-electron chi connectivity index (χ1n) is 3.91. The molecule has 0 aliphatic carbocycles. The lowest BCUT2D eigenvalue weighted by atomic mass is 10.2. The van der Waals surface area contributed by atoms with Gasteiger partial charge in [-0.2, -0.15) is 5.26 Å². The SMILES string of the molecule is N#Cc1ncc(-c2ccc(F)cc2)o1. The molecule has 1 aromatic heterocycles. The van der Waals surface area contributed by atoms with E-state index >= 15 is 0 Å². The third kappa shape index (κ3) is 1.48. The van der Waals surface area contributed by atoms with Gasteiger partial charge in [-0.15, -0.1) is 0 Å². The molecule has 3 nitrogen and oxygen atoms in total. The third-order valence-electron chi connectivity index (χ3n) is 1.73. The number of nitriles is 1. The number of aromatic nitrogens is 1. The van der Waals surface area contributed by atoms with E-state index in [2.05, 4.69) is 4.98 Å². The Morgan fingerprint density at radius 1 is 1.29 bits per heavy atom. The Bertz CT molecular complexity index is 482. The van der Waals surface area contributed by atoms with Crippen molar-refractivity contribution in [1.82, 2.24) is 4.98 Å². The molecule has 0 fully saturated rings. The van der Waals surface area contributed by atoms with Crippen molar-refractivity contribution in [2.75, 3.05) is 0 Å². The van der Waals surface area contributed by atoms with Crippen LogP contribution in [-0.4, -0.2) is 4.98 Å². The molecule has 0 aliphatic heterocycles. The molecule has 2 aromatic rings. The van der Waals surface area contributed by atoms with Crippen LogP contribution in [0.4, 0.5) is 4.39 Å². The molecule has 1 heterocycles. The molecule has 0 saturated heterocycles. The Kier molecular flexibility index (Phi) is 1.99. The second kappa shape index (κ2) is 3.30. The highest BCUT2D eigenvalue weighted by atomic mass is 19.1. The van der Waals surface area contributed by atoms with Crippen molar-refractivity contribution in [2.45, 2.75) is 0 Å². The second-order valence-corrected chi connectivity index (χ2v) is 2.65. The number of hydrogen-bond donors (Lipinski definition) is 0. The number of halogens is 1. The van der Waals surface area contributed by atoms with Gasteiger partial charge in [0.05, 0.1) is 6.20 Å². The maximum atomic E-state index is 12.6. The molecule has 0 atom stereocenters. The van der Waals surface area contributed by atoms with Crippen LogP contribution in [0.15, 0.2) is 34.9 Å². The summed E-state index contributed by atoms with van der Waals surface area (Å²) in [7, 11) is 0. The zero-order chi connectivity index (χ0) is 9.97. The van der Waals surface area contributed by atoms with Crippen molar-refractivity contribution in [1.29, 1.82) is 5.26 Å². The van der Waals surface area contributed by atoms with E-state index in [4.69, 9.17) is 9.68 Å². The fourth-order valence-corrected chi connectivity index (χ4v) is 1.07. The van der Waals surface area contributed by atoms with Gasteiger partial charge in [-0.3, -0.25) is 0 Å². The summed E-state index contributed by atoms with van der Waals surface area (Å²) < 4.78 is 17.6. The molecule has 0 aliphatic rings. The minimum Gasteiger partial charge on any atom is -0.428 e. The second-order valence-electron chi connectivity index (χ2n) is 2.65. The average Bonchev–Trinajstić information content (AvgIpc) is 2.67. The lowest BCUT2D eigenvalue weighted by molar-refractivity contribution is 0.555. The number of oxazole rings is 1. The van der Waals surface area contributed by atoms with E-state index in [1.54, 1.807) is 18.2 Å². The van der Waals surface area contributed by atoms with E-state index in [1.807, 2.05) is 0 Å². The summed E-state index contributed by atoms with van der Waals surface area (Å²) in [6, 6.07) is 7.56. The Balaban J connectivity index is 2.40. The molecule has 0 spiro atoms. The van der Waals surface area contributed by atoms with Crippen LogP contribution in [-0.2, 0) is 0 Å². The third-order valence-corrected chi connectivity index (χ3v) is 1.73. The predicted octanol–water partition coefficient (Wildman–Crippen LogP) is 2.35. The zero-order valence-corrected chi connectivity index (χ0v) is 7.07. The van der Waals surface area contributed by atoms with Crippen LogP contribution in [0, 0.1) is 17.1 Å². The minimum absolute atomic E-state index is 0.00400. The van der Waals surface area contributed by atoms with Gasteiger partial charge in [-0.25, -0.2) is 9.37 Å². The first-order valence-corrected chi connectivity index (χ1v) is 3.91.